The van der Waals surface area contributed by atoms with Gasteiger partial charge >= 0.3 is 195 Å². The molecule has 168 valence electrons. The molecule has 2 unspecified atom stereocenters. The monoisotopic (exact) mass is 486 g/mol. The third-order valence-corrected chi connectivity index (χ3v) is 11.5. The summed E-state index contributed by atoms with van der Waals surface area (Å²) in [6.07, 6.45) is 15.6. The second kappa shape index (κ2) is 8.11. The molecule has 0 bridgehead atoms. The van der Waals surface area contributed by atoms with Gasteiger partial charge in [-0.15, -0.1) is 0 Å². The fourth-order valence-corrected chi connectivity index (χ4v) is 8.15. The first-order valence-electron chi connectivity index (χ1n) is 11.5. The maximum atomic E-state index is 3.75. The molecule has 0 aromatic carbocycles. The summed E-state index contributed by atoms with van der Waals surface area (Å²) < 4.78 is 3.11. The fraction of sp³-hybridized carbons (Fsp3) is 0.538. The molecular formula is C26H38N4Se. The number of hydrogen-bond acceptors (Lipinski definition) is 4. The Hall–Kier alpha value is -1.52. The standard InChI is InChI=1S/C26H38N4Se/c1-17-23(25(5,6)29(27-17)19(3)21-13-9-10-14-21)31-24-18(2)28-30(26(24,7)8)20(4)22-15-11-12-16-22/h9-13,15,19-20,27-28H,14,16H2,1-8H3. The van der Waals surface area contributed by atoms with Crippen molar-refractivity contribution in [2.24, 2.45) is 0 Å². The van der Waals surface area contributed by atoms with E-state index in [4.69, 9.17) is 0 Å². The predicted octanol–water partition coefficient (Wildman–Crippen LogP) is 4.90. The van der Waals surface area contributed by atoms with Gasteiger partial charge in [0.1, 0.15) is 0 Å². The number of allylic oxidation sites excluding steroid dienone is 8. The Bertz CT molecular complexity index is 868. The van der Waals surface area contributed by atoms with Gasteiger partial charge in [-0.2, -0.15) is 0 Å². The molecule has 2 aliphatic carbocycles. The molecule has 2 heterocycles. The molecule has 0 aromatic heterocycles. The zero-order chi connectivity index (χ0) is 22.6. The van der Waals surface area contributed by atoms with Gasteiger partial charge in [0.05, 0.1) is 0 Å². The van der Waals surface area contributed by atoms with E-state index >= 15 is 0 Å². The van der Waals surface area contributed by atoms with Gasteiger partial charge in [0.2, 0.25) is 0 Å². The first-order chi connectivity index (χ1) is 14.5. The Labute approximate surface area is 195 Å². The van der Waals surface area contributed by atoms with Gasteiger partial charge in [-0.25, -0.2) is 0 Å². The van der Waals surface area contributed by atoms with Crippen LogP contribution in [0.4, 0.5) is 0 Å². The molecule has 0 spiro atoms. The summed E-state index contributed by atoms with van der Waals surface area (Å²) in [5.41, 5.74) is 13.1. The summed E-state index contributed by atoms with van der Waals surface area (Å²) in [7, 11) is 0. The van der Waals surface area contributed by atoms with Crippen molar-refractivity contribution in [2.75, 3.05) is 0 Å². The van der Waals surface area contributed by atoms with Gasteiger partial charge in [-0.1, -0.05) is 0 Å². The van der Waals surface area contributed by atoms with E-state index in [0.29, 0.717) is 12.1 Å². The molecule has 4 rings (SSSR count). The van der Waals surface area contributed by atoms with E-state index in [1.165, 1.54) is 22.5 Å². The van der Waals surface area contributed by atoms with Crippen LogP contribution in [0.15, 0.2) is 67.9 Å². The minimum absolute atomic E-state index is 0.0206. The van der Waals surface area contributed by atoms with Crippen molar-refractivity contribution in [2.45, 2.75) is 91.4 Å². The van der Waals surface area contributed by atoms with E-state index in [2.05, 4.69) is 113 Å². The van der Waals surface area contributed by atoms with E-state index in [9.17, 15) is 0 Å². The van der Waals surface area contributed by atoms with Crippen LogP contribution in [0.25, 0.3) is 0 Å². The summed E-state index contributed by atoms with van der Waals surface area (Å²) in [6.45, 7) is 18.7. The van der Waals surface area contributed by atoms with Gasteiger partial charge in [0, 0.05) is 0 Å². The first kappa shape index (κ1) is 22.7. The summed E-state index contributed by atoms with van der Waals surface area (Å²) in [5, 5.41) is 4.94. The summed E-state index contributed by atoms with van der Waals surface area (Å²) >= 11 is 0.259. The van der Waals surface area contributed by atoms with Crippen LogP contribution in [0.1, 0.15) is 68.2 Å². The van der Waals surface area contributed by atoms with E-state index in [-0.39, 0.29) is 26.0 Å². The number of nitrogens with zero attached hydrogens (tertiary/aromatic N) is 2. The zero-order valence-electron chi connectivity index (χ0n) is 20.3. The van der Waals surface area contributed by atoms with Crippen molar-refractivity contribution in [3.63, 3.8) is 0 Å². The normalized spacial score (nSPS) is 27.0. The molecular weight excluding hydrogens is 447 g/mol. The molecule has 0 aromatic rings. The molecule has 0 radical (unpaired) electrons. The zero-order valence-corrected chi connectivity index (χ0v) is 22.0. The van der Waals surface area contributed by atoms with Crippen LogP contribution >= 0.6 is 0 Å². The van der Waals surface area contributed by atoms with E-state index in [1.54, 1.807) is 8.94 Å². The van der Waals surface area contributed by atoms with Gasteiger partial charge < -0.3 is 0 Å². The van der Waals surface area contributed by atoms with Crippen LogP contribution in [0.5, 0.6) is 0 Å². The Morgan fingerprint density at radius 1 is 0.774 bits per heavy atom. The van der Waals surface area contributed by atoms with Crippen molar-refractivity contribution in [1.29, 1.82) is 0 Å². The summed E-state index contributed by atoms with van der Waals surface area (Å²) in [6, 6.07) is 0.743. The van der Waals surface area contributed by atoms with Crippen LogP contribution in [-0.2, 0) is 0 Å². The van der Waals surface area contributed by atoms with Crippen LogP contribution in [0, 0.1) is 0 Å². The van der Waals surface area contributed by atoms with Crippen molar-refractivity contribution < 1.29 is 0 Å². The molecule has 2 N–H and O–H groups in total. The molecule has 2 aliphatic heterocycles. The van der Waals surface area contributed by atoms with Crippen molar-refractivity contribution in [3.8, 4) is 0 Å². The number of nitrogens with one attached hydrogen (secondary N) is 2. The third-order valence-electron chi connectivity index (χ3n) is 7.23. The van der Waals surface area contributed by atoms with E-state index in [1.807, 2.05) is 0 Å². The van der Waals surface area contributed by atoms with E-state index < -0.39 is 0 Å². The topological polar surface area (TPSA) is 30.5 Å². The first-order valence-corrected chi connectivity index (χ1v) is 13.2. The number of hydrogen-bond donors (Lipinski definition) is 2. The van der Waals surface area contributed by atoms with Crippen LogP contribution in [0.3, 0.4) is 0 Å². The molecule has 5 heteroatoms. The van der Waals surface area contributed by atoms with Crippen LogP contribution < -0.4 is 10.9 Å². The second-order valence-corrected chi connectivity index (χ2v) is 12.3. The fourth-order valence-electron chi connectivity index (χ4n) is 5.42. The molecule has 2 atom stereocenters. The average Bonchev–Trinajstić information content (AvgIpc) is 3.47. The van der Waals surface area contributed by atoms with Crippen LogP contribution in [-0.4, -0.2) is 48.1 Å². The average molecular weight is 486 g/mol. The third kappa shape index (κ3) is 3.80. The predicted molar refractivity (Wildman–Crippen MR) is 132 cm³/mol. The Kier molecular flexibility index (Phi) is 5.93. The van der Waals surface area contributed by atoms with Gasteiger partial charge in [0.15, 0.2) is 0 Å². The Morgan fingerprint density at radius 2 is 1.16 bits per heavy atom. The summed E-state index contributed by atoms with van der Waals surface area (Å²) in [4.78, 5) is 0. The SMILES string of the molecule is CC1=C([Se]C2=C(C)NN(C(C)C3=CC=CC3)C2(C)C)C(C)(C)N(C(C)C2=CC=CC2)N1. The van der Waals surface area contributed by atoms with Crippen molar-refractivity contribution >= 4 is 15.0 Å². The Morgan fingerprint density at radius 3 is 1.48 bits per heavy atom. The summed E-state index contributed by atoms with van der Waals surface area (Å²) in [5.74, 6) is 0. The van der Waals surface area contributed by atoms with Gasteiger partial charge in [0.25, 0.3) is 0 Å². The molecule has 0 saturated heterocycles. The molecule has 0 saturated carbocycles. The van der Waals surface area contributed by atoms with Crippen molar-refractivity contribution in [3.05, 3.63) is 67.9 Å². The number of hydrazine groups is 2. The molecule has 31 heavy (non-hydrogen) atoms. The van der Waals surface area contributed by atoms with Crippen LogP contribution in [0.2, 0.25) is 0 Å². The van der Waals surface area contributed by atoms with Gasteiger partial charge in [-0.3, -0.25) is 0 Å². The second-order valence-electron chi connectivity index (χ2n) is 10.2. The molecule has 0 fully saturated rings. The minimum atomic E-state index is -0.0206. The van der Waals surface area contributed by atoms with E-state index in [0.717, 1.165) is 12.8 Å². The quantitative estimate of drug-likeness (QED) is 0.524. The Balaban J connectivity index is 1.55. The maximum absolute atomic E-state index is 3.75. The van der Waals surface area contributed by atoms with Gasteiger partial charge in [-0.05, 0) is 0 Å². The molecule has 0 amide bonds. The van der Waals surface area contributed by atoms with Crippen molar-refractivity contribution in [1.82, 2.24) is 20.9 Å². The molecule has 4 aliphatic rings. The number of rotatable bonds is 6. The molecule has 4 nitrogen and oxygen atoms in total.